The number of benzene rings is 2. The van der Waals surface area contributed by atoms with Crippen molar-refractivity contribution in [1.29, 1.82) is 0 Å². The third-order valence-corrected chi connectivity index (χ3v) is 6.08. The fourth-order valence-corrected chi connectivity index (χ4v) is 4.60. The number of aryl methyl sites for hydroxylation is 1. The summed E-state index contributed by atoms with van der Waals surface area (Å²) in [5.74, 6) is 1.13. The summed E-state index contributed by atoms with van der Waals surface area (Å²) in [6, 6.07) is 16.5. The maximum absolute atomic E-state index is 12.9. The maximum atomic E-state index is 12.9. The van der Waals surface area contributed by atoms with E-state index in [9.17, 15) is 4.79 Å². The van der Waals surface area contributed by atoms with Crippen LogP contribution in [0.25, 0.3) is 0 Å². The van der Waals surface area contributed by atoms with E-state index in [1.165, 1.54) is 11.1 Å². The van der Waals surface area contributed by atoms with Gasteiger partial charge in [-0.1, -0.05) is 30.3 Å². The van der Waals surface area contributed by atoms with Crippen molar-refractivity contribution in [3.8, 4) is 0 Å². The van der Waals surface area contributed by atoms with Gasteiger partial charge in [0.05, 0.1) is 0 Å². The third-order valence-electron chi connectivity index (χ3n) is 4.77. The molecule has 1 amide bonds. The van der Waals surface area contributed by atoms with E-state index < -0.39 is 0 Å². The van der Waals surface area contributed by atoms with E-state index >= 15 is 0 Å². The van der Waals surface area contributed by atoms with Crippen LogP contribution in [-0.2, 0) is 0 Å². The highest BCUT2D eigenvalue weighted by Gasteiger charge is 2.23. The first kappa shape index (κ1) is 17.9. The first-order valence-corrected chi connectivity index (χ1v) is 9.85. The SMILES string of the molecule is Cc1ccccc1C1CCN(C(=O)c2cccc(N(C)C)c2)CCS1. The van der Waals surface area contributed by atoms with Crippen molar-refractivity contribution in [1.82, 2.24) is 4.90 Å². The van der Waals surface area contributed by atoms with Crippen LogP contribution in [0, 0.1) is 6.92 Å². The molecule has 1 atom stereocenters. The van der Waals surface area contributed by atoms with Gasteiger partial charge in [-0.25, -0.2) is 0 Å². The Hall–Kier alpha value is -1.94. The largest absolute Gasteiger partial charge is 0.378 e. The Balaban J connectivity index is 1.72. The molecule has 1 aliphatic heterocycles. The first-order chi connectivity index (χ1) is 12.1. The van der Waals surface area contributed by atoms with Crippen molar-refractivity contribution in [2.75, 3.05) is 37.8 Å². The van der Waals surface area contributed by atoms with Gasteiger partial charge in [0.15, 0.2) is 0 Å². The van der Waals surface area contributed by atoms with Gasteiger partial charge in [-0.05, 0) is 42.7 Å². The van der Waals surface area contributed by atoms with Gasteiger partial charge >= 0.3 is 0 Å². The summed E-state index contributed by atoms with van der Waals surface area (Å²) in [6.07, 6.45) is 1.01. The molecule has 1 heterocycles. The minimum absolute atomic E-state index is 0.148. The van der Waals surface area contributed by atoms with E-state index in [0.717, 1.165) is 36.5 Å². The minimum Gasteiger partial charge on any atom is -0.378 e. The molecule has 0 saturated carbocycles. The highest BCUT2D eigenvalue weighted by atomic mass is 32.2. The zero-order valence-electron chi connectivity index (χ0n) is 15.2. The van der Waals surface area contributed by atoms with E-state index in [0.29, 0.717) is 5.25 Å². The molecule has 0 aromatic heterocycles. The fraction of sp³-hybridized carbons (Fsp3) is 0.381. The van der Waals surface area contributed by atoms with Crippen LogP contribution in [0.1, 0.15) is 33.2 Å². The van der Waals surface area contributed by atoms with Gasteiger partial charge in [-0.2, -0.15) is 11.8 Å². The number of amides is 1. The van der Waals surface area contributed by atoms with Gasteiger partial charge in [0, 0.05) is 49.4 Å². The van der Waals surface area contributed by atoms with E-state index in [1.807, 2.05) is 59.9 Å². The molecule has 0 spiro atoms. The molecular weight excluding hydrogens is 328 g/mol. The van der Waals surface area contributed by atoms with Gasteiger partial charge in [0.2, 0.25) is 0 Å². The Morgan fingerprint density at radius 2 is 1.92 bits per heavy atom. The van der Waals surface area contributed by atoms with Crippen molar-refractivity contribution in [2.45, 2.75) is 18.6 Å². The summed E-state index contributed by atoms with van der Waals surface area (Å²) in [5.41, 5.74) is 4.60. The number of thioether (sulfide) groups is 1. The summed E-state index contributed by atoms with van der Waals surface area (Å²) < 4.78 is 0. The number of carbonyl (C=O) groups is 1. The molecule has 2 aromatic rings. The van der Waals surface area contributed by atoms with Crippen LogP contribution in [0.4, 0.5) is 5.69 Å². The standard InChI is InChI=1S/C21H26N2OS/c1-16-7-4-5-10-19(16)20-11-12-23(13-14-25-20)21(24)17-8-6-9-18(15-17)22(2)3/h4-10,15,20H,11-14H2,1-3H3. The molecule has 1 fully saturated rings. The highest BCUT2D eigenvalue weighted by Crippen LogP contribution is 2.36. The lowest BCUT2D eigenvalue weighted by Gasteiger charge is -2.22. The second kappa shape index (κ2) is 7.96. The molecule has 4 heteroatoms. The molecule has 0 aliphatic carbocycles. The topological polar surface area (TPSA) is 23.6 Å². The fourth-order valence-electron chi connectivity index (χ4n) is 3.27. The molecule has 3 nitrogen and oxygen atoms in total. The van der Waals surface area contributed by atoms with Crippen molar-refractivity contribution >= 4 is 23.4 Å². The van der Waals surface area contributed by atoms with Gasteiger partial charge in [0.25, 0.3) is 5.91 Å². The van der Waals surface area contributed by atoms with Crippen LogP contribution in [0.3, 0.4) is 0 Å². The van der Waals surface area contributed by atoms with Crippen LogP contribution in [0.2, 0.25) is 0 Å². The van der Waals surface area contributed by atoms with Crippen LogP contribution < -0.4 is 4.90 Å². The molecule has 0 N–H and O–H groups in total. The van der Waals surface area contributed by atoms with E-state index in [-0.39, 0.29) is 5.91 Å². The summed E-state index contributed by atoms with van der Waals surface area (Å²) >= 11 is 1.97. The van der Waals surface area contributed by atoms with Crippen molar-refractivity contribution < 1.29 is 4.79 Å². The Morgan fingerprint density at radius 1 is 1.12 bits per heavy atom. The Labute approximate surface area is 155 Å². The van der Waals surface area contributed by atoms with Crippen molar-refractivity contribution in [2.24, 2.45) is 0 Å². The lowest BCUT2D eigenvalue weighted by molar-refractivity contribution is 0.0766. The average Bonchev–Trinajstić information content (AvgIpc) is 2.87. The number of carbonyl (C=O) groups excluding carboxylic acids is 1. The Bertz CT molecular complexity index is 744. The number of nitrogens with zero attached hydrogens (tertiary/aromatic N) is 2. The lowest BCUT2D eigenvalue weighted by Crippen LogP contribution is -2.33. The molecular formula is C21H26N2OS. The predicted molar refractivity (Wildman–Crippen MR) is 108 cm³/mol. The molecule has 3 rings (SSSR count). The monoisotopic (exact) mass is 354 g/mol. The van der Waals surface area contributed by atoms with Gasteiger partial charge in [-0.3, -0.25) is 4.79 Å². The normalized spacial score (nSPS) is 17.9. The molecule has 2 aromatic carbocycles. The number of hydrogen-bond acceptors (Lipinski definition) is 3. The maximum Gasteiger partial charge on any atom is 0.253 e. The number of rotatable bonds is 3. The van der Waals surface area contributed by atoms with E-state index in [4.69, 9.17) is 0 Å². The summed E-state index contributed by atoms with van der Waals surface area (Å²) in [5, 5.41) is 0.479. The average molecular weight is 355 g/mol. The zero-order chi connectivity index (χ0) is 17.8. The number of hydrogen-bond donors (Lipinski definition) is 0. The number of anilines is 1. The Morgan fingerprint density at radius 3 is 2.68 bits per heavy atom. The van der Waals surface area contributed by atoms with Gasteiger partial charge in [-0.15, -0.1) is 0 Å². The minimum atomic E-state index is 0.148. The van der Waals surface area contributed by atoms with E-state index in [2.05, 4.69) is 31.2 Å². The second-order valence-corrected chi connectivity index (χ2v) is 8.05. The van der Waals surface area contributed by atoms with E-state index in [1.54, 1.807) is 0 Å². The summed E-state index contributed by atoms with van der Waals surface area (Å²) in [7, 11) is 4.00. The van der Waals surface area contributed by atoms with Crippen molar-refractivity contribution in [3.05, 3.63) is 65.2 Å². The van der Waals surface area contributed by atoms with Gasteiger partial charge < -0.3 is 9.80 Å². The van der Waals surface area contributed by atoms with Crippen molar-refractivity contribution in [3.63, 3.8) is 0 Å². The summed E-state index contributed by atoms with van der Waals surface area (Å²) in [4.78, 5) is 17.0. The highest BCUT2D eigenvalue weighted by molar-refractivity contribution is 7.99. The predicted octanol–water partition coefficient (Wildman–Crippen LogP) is 4.38. The van der Waals surface area contributed by atoms with Crippen LogP contribution in [0.5, 0.6) is 0 Å². The zero-order valence-corrected chi connectivity index (χ0v) is 16.1. The molecule has 0 bridgehead atoms. The molecule has 132 valence electrons. The second-order valence-electron chi connectivity index (χ2n) is 6.74. The quantitative estimate of drug-likeness (QED) is 0.817. The molecule has 1 unspecified atom stereocenters. The van der Waals surface area contributed by atoms with Crippen LogP contribution in [-0.4, -0.2) is 43.7 Å². The molecule has 1 saturated heterocycles. The smallest absolute Gasteiger partial charge is 0.253 e. The Kier molecular flexibility index (Phi) is 5.69. The lowest BCUT2D eigenvalue weighted by atomic mass is 10.0. The first-order valence-electron chi connectivity index (χ1n) is 8.80. The molecule has 0 radical (unpaired) electrons. The summed E-state index contributed by atoms with van der Waals surface area (Å²) in [6.45, 7) is 3.81. The van der Waals surface area contributed by atoms with Gasteiger partial charge in [0.1, 0.15) is 0 Å². The molecule has 25 heavy (non-hydrogen) atoms. The van der Waals surface area contributed by atoms with Crippen LogP contribution in [0.15, 0.2) is 48.5 Å². The van der Waals surface area contributed by atoms with Crippen LogP contribution >= 0.6 is 11.8 Å². The third kappa shape index (κ3) is 4.18. The molecule has 1 aliphatic rings.